The van der Waals surface area contributed by atoms with Crippen molar-refractivity contribution in [3.63, 3.8) is 0 Å². The summed E-state index contributed by atoms with van der Waals surface area (Å²) in [5, 5.41) is 9.39. The normalized spacial score (nSPS) is 12.5. The van der Waals surface area contributed by atoms with Gasteiger partial charge in [-0.25, -0.2) is 0 Å². The monoisotopic (exact) mass is 222 g/mol. The molecule has 0 radical (unpaired) electrons. The van der Waals surface area contributed by atoms with E-state index in [2.05, 4.69) is 11.0 Å². The van der Waals surface area contributed by atoms with Gasteiger partial charge in [0.2, 0.25) is 0 Å². The summed E-state index contributed by atoms with van der Waals surface area (Å²) in [4.78, 5) is 2.13. The first-order valence-electron chi connectivity index (χ1n) is 4.95. The predicted octanol–water partition coefficient (Wildman–Crippen LogP) is 3.07. The lowest BCUT2D eigenvalue weighted by molar-refractivity contribution is 0.252. The Morgan fingerprint density at radius 3 is 2.73 bits per heavy atom. The molecule has 15 heavy (non-hydrogen) atoms. The highest BCUT2D eigenvalue weighted by Gasteiger charge is 2.10. The van der Waals surface area contributed by atoms with Crippen LogP contribution in [0.1, 0.15) is 18.9 Å². The summed E-state index contributed by atoms with van der Waals surface area (Å²) < 4.78 is 0. The second-order valence-corrected chi connectivity index (χ2v) is 4.12. The van der Waals surface area contributed by atoms with Gasteiger partial charge in [-0.1, -0.05) is 29.8 Å². The molecule has 0 aliphatic rings. The number of halogens is 1. The Labute approximate surface area is 96.1 Å². The van der Waals surface area contributed by atoms with E-state index in [0.29, 0.717) is 6.42 Å². The molecular weight excluding hydrogens is 208 g/mol. The van der Waals surface area contributed by atoms with Crippen molar-refractivity contribution < 1.29 is 0 Å². The van der Waals surface area contributed by atoms with Gasteiger partial charge < -0.3 is 0 Å². The van der Waals surface area contributed by atoms with Gasteiger partial charge in [0.05, 0.1) is 12.5 Å². The molecule has 1 aromatic carbocycles. The molecule has 1 atom stereocenters. The molecule has 0 amide bonds. The van der Waals surface area contributed by atoms with Gasteiger partial charge in [0.25, 0.3) is 0 Å². The maximum absolute atomic E-state index is 8.60. The fourth-order valence-electron chi connectivity index (χ4n) is 1.34. The highest BCUT2D eigenvalue weighted by Crippen LogP contribution is 2.17. The summed E-state index contributed by atoms with van der Waals surface area (Å²) >= 11 is 6.06. The molecule has 0 N–H and O–H groups in total. The summed E-state index contributed by atoms with van der Waals surface area (Å²) in [5.74, 6) is 0. The fraction of sp³-hybridized carbons (Fsp3) is 0.417. The van der Waals surface area contributed by atoms with Gasteiger partial charge in [0.1, 0.15) is 0 Å². The van der Waals surface area contributed by atoms with Gasteiger partial charge in [0.15, 0.2) is 0 Å². The molecule has 0 bridgehead atoms. The summed E-state index contributed by atoms with van der Waals surface area (Å²) in [6, 6.07) is 10.2. The van der Waals surface area contributed by atoms with Gasteiger partial charge >= 0.3 is 0 Å². The summed E-state index contributed by atoms with van der Waals surface area (Å²) in [7, 11) is 2.01. The molecule has 1 rings (SSSR count). The van der Waals surface area contributed by atoms with E-state index in [1.54, 1.807) is 0 Å². The molecule has 0 unspecified atom stereocenters. The molecule has 2 nitrogen and oxygen atoms in total. The lowest BCUT2D eigenvalue weighted by Crippen LogP contribution is -2.28. The molecule has 1 aromatic rings. The molecule has 0 heterocycles. The van der Waals surface area contributed by atoms with E-state index >= 15 is 0 Å². The van der Waals surface area contributed by atoms with Gasteiger partial charge in [0, 0.05) is 17.6 Å². The maximum Gasteiger partial charge on any atom is 0.0638 e. The zero-order chi connectivity index (χ0) is 11.3. The molecule has 0 saturated heterocycles. The van der Waals surface area contributed by atoms with Crippen molar-refractivity contribution in [3.05, 3.63) is 34.9 Å². The first kappa shape index (κ1) is 12.0. The highest BCUT2D eigenvalue weighted by atomic mass is 35.5. The Bertz CT molecular complexity index is 357. The number of hydrogen-bond donors (Lipinski definition) is 0. The zero-order valence-electron chi connectivity index (χ0n) is 9.07. The molecule has 3 heteroatoms. The van der Waals surface area contributed by atoms with Gasteiger partial charge in [-0.15, -0.1) is 0 Å². The fourth-order valence-corrected chi connectivity index (χ4v) is 1.53. The lowest BCUT2D eigenvalue weighted by Gasteiger charge is -2.22. The zero-order valence-corrected chi connectivity index (χ0v) is 9.83. The van der Waals surface area contributed by atoms with Crippen molar-refractivity contribution in [1.29, 1.82) is 5.26 Å². The molecule has 0 aromatic heterocycles. The van der Waals surface area contributed by atoms with Crippen LogP contribution in [0.2, 0.25) is 5.02 Å². The van der Waals surface area contributed by atoms with Crippen LogP contribution >= 0.6 is 11.6 Å². The molecule has 0 aliphatic carbocycles. The van der Waals surface area contributed by atoms with E-state index in [1.165, 1.54) is 0 Å². The number of nitriles is 1. The van der Waals surface area contributed by atoms with Crippen LogP contribution in [0.3, 0.4) is 0 Å². The molecule has 0 aliphatic heterocycles. The summed E-state index contributed by atoms with van der Waals surface area (Å²) in [5.41, 5.74) is 1.10. The van der Waals surface area contributed by atoms with Crippen LogP contribution in [0.5, 0.6) is 0 Å². The van der Waals surface area contributed by atoms with Crippen molar-refractivity contribution in [3.8, 4) is 6.07 Å². The minimum Gasteiger partial charge on any atom is -0.298 e. The molecule has 80 valence electrons. The smallest absolute Gasteiger partial charge is 0.0638 e. The third kappa shape index (κ3) is 3.54. The number of benzene rings is 1. The van der Waals surface area contributed by atoms with Crippen molar-refractivity contribution in [2.24, 2.45) is 0 Å². The van der Waals surface area contributed by atoms with Crippen molar-refractivity contribution in [2.45, 2.75) is 25.9 Å². The molecular formula is C12H15ClN2. The van der Waals surface area contributed by atoms with Crippen LogP contribution in [0.15, 0.2) is 24.3 Å². The predicted molar refractivity (Wildman–Crippen MR) is 62.6 cm³/mol. The van der Waals surface area contributed by atoms with Crippen LogP contribution in [0.4, 0.5) is 0 Å². The Morgan fingerprint density at radius 2 is 2.13 bits per heavy atom. The van der Waals surface area contributed by atoms with E-state index in [1.807, 2.05) is 38.2 Å². The molecule has 0 saturated carbocycles. The average molecular weight is 223 g/mol. The first-order valence-corrected chi connectivity index (χ1v) is 5.33. The average Bonchev–Trinajstić information content (AvgIpc) is 2.21. The van der Waals surface area contributed by atoms with Gasteiger partial charge in [-0.05, 0) is 25.6 Å². The minimum absolute atomic E-state index is 0.256. The Hall–Kier alpha value is -1.04. The van der Waals surface area contributed by atoms with Crippen molar-refractivity contribution in [1.82, 2.24) is 4.90 Å². The SMILES string of the molecule is C[C@@H](CC#N)N(C)Cc1ccccc1Cl. The van der Waals surface area contributed by atoms with E-state index in [9.17, 15) is 0 Å². The second-order valence-electron chi connectivity index (χ2n) is 3.72. The van der Waals surface area contributed by atoms with Gasteiger partial charge in [-0.3, -0.25) is 4.90 Å². The topological polar surface area (TPSA) is 27.0 Å². The summed E-state index contributed by atoms with van der Waals surface area (Å²) in [6.07, 6.45) is 0.543. The molecule has 0 spiro atoms. The third-order valence-electron chi connectivity index (χ3n) is 2.52. The van der Waals surface area contributed by atoms with Crippen molar-refractivity contribution in [2.75, 3.05) is 7.05 Å². The van der Waals surface area contributed by atoms with Crippen LogP contribution in [0, 0.1) is 11.3 Å². The van der Waals surface area contributed by atoms with E-state index in [4.69, 9.17) is 16.9 Å². The Balaban J connectivity index is 2.63. The number of rotatable bonds is 4. The third-order valence-corrected chi connectivity index (χ3v) is 2.89. The second kappa shape index (κ2) is 5.75. The highest BCUT2D eigenvalue weighted by molar-refractivity contribution is 6.31. The van der Waals surface area contributed by atoms with Crippen LogP contribution in [-0.2, 0) is 6.54 Å². The van der Waals surface area contributed by atoms with Crippen LogP contribution in [0.25, 0.3) is 0 Å². The largest absolute Gasteiger partial charge is 0.298 e. The quantitative estimate of drug-likeness (QED) is 0.783. The number of nitrogens with zero attached hydrogens (tertiary/aromatic N) is 2. The van der Waals surface area contributed by atoms with E-state index in [0.717, 1.165) is 17.1 Å². The lowest BCUT2D eigenvalue weighted by atomic mass is 10.1. The minimum atomic E-state index is 0.256. The van der Waals surface area contributed by atoms with Crippen LogP contribution in [-0.4, -0.2) is 18.0 Å². The summed E-state index contributed by atoms with van der Waals surface area (Å²) in [6.45, 7) is 2.82. The number of hydrogen-bond acceptors (Lipinski definition) is 2. The van der Waals surface area contributed by atoms with E-state index < -0.39 is 0 Å². The first-order chi connectivity index (χ1) is 7.15. The molecule has 0 fully saturated rings. The van der Waals surface area contributed by atoms with Gasteiger partial charge in [-0.2, -0.15) is 5.26 Å². The standard InChI is InChI=1S/C12H15ClN2/c1-10(7-8-14)15(2)9-11-5-3-4-6-12(11)13/h3-6,10H,7,9H2,1-2H3/t10-/m0/s1. The van der Waals surface area contributed by atoms with Crippen LogP contribution < -0.4 is 0 Å². The Kier molecular flexibility index (Phi) is 4.61. The van der Waals surface area contributed by atoms with E-state index in [-0.39, 0.29) is 6.04 Å². The maximum atomic E-state index is 8.60. The van der Waals surface area contributed by atoms with Crippen molar-refractivity contribution >= 4 is 11.6 Å². The Morgan fingerprint density at radius 1 is 1.47 bits per heavy atom.